The average Bonchev–Trinajstić information content (AvgIpc) is 2.78. The SMILES string of the molecule is O=S(=O)(NCc1ccsc1)c1ccc(F)cc1Br. The molecule has 0 radical (unpaired) electrons. The van der Waals surface area contributed by atoms with Crippen molar-refractivity contribution in [3.63, 3.8) is 0 Å². The van der Waals surface area contributed by atoms with Crippen LogP contribution in [0.3, 0.4) is 0 Å². The molecule has 1 aromatic carbocycles. The van der Waals surface area contributed by atoms with E-state index in [0.29, 0.717) is 0 Å². The van der Waals surface area contributed by atoms with Crippen LogP contribution >= 0.6 is 27.3 Å². The molecular weight excluding hydrogens is 341 g/mol. The molecule has 7 heteroatoms. The summed E-state index contributed by atoms with van der Waals surface area (Å²) in [7, 11) is -3.64. The molecule has 0 bridgehead atoms. The predicted molar refractivity (Wildman–Crippen MR) is 72.4 cm³/mol. The molecule has 1 N–H and O–H groups in total. The second-order valence-electron chi connectivity index (χ2n) is 3.53. The summed E-state index contributed by atoms with van der Waals surface area (Å²) in [5, 5.41) is 3.74. The van der Waals surface area contributed by atoms with Gasteiger partial charge in [-0.1, -0.05) is 0 Å². The number of thiophene rings is 1. The second-order valence-corrected chi connectivity index (χ2v) is 6.90. The predicted octanol–water partition coefficient (Wildman–Crippen LogP) is 3.13. The van der Waals surface area contributed by atoms with Crippen molar-refractivity contribution in [3.05, 3.63) is 50.9 Å². The highest BCUT2D eigenvalue weighted by atomic mass is 79.9. The van der Waals surface area contributed by atoms with E-state index in [4.69, 9.17) is 0 Å². The Morgan fingerprint density at radius 2 is 2.11 bits per heavy atom. The van der Waals surface area contributed by atoms with Crippen molar-refractivity contribution in [3.8, 4) is 0 Å². The molecule has 96 valence electrons. The fourth-order valence-corrected chi connectivity index (χ4v) is 4.08. The van der Waals surface area contributed by atoms with Gasteiger partial charge in [-0.2, -0.15) is 11.3 Å². The third kappa shape index (κ3) is 3.17. The van der Waals surface area contributed by atoms with Gasteiger partial charge in [0.2, 0.25) is 10.0 Å². The summed E-state index contributed by atoms with van der Waals surface area (Å²) >= 11 is 4.54. The van der Waals surface area contributed by atoms with Crippen LogP contribution in [0.15, 0.2) is 44.4 Å². The Morgan fingerprint density at radius 1 is 1.33 bits per heavy atom. The first-order valence-corrected chi connectivity index (χ1v) is 8.17. The van der Waals surface area contributed by atoms with Gasteiger partial charge in [-0.25, -0.2) is 17.5 Å². The zero-order valence-corrected chi connectivity index (χ0v) is 12.3. The number of nitrogens with one attached hydrogen (secondary N) is 1. The molecule has 0 aliphatic heterocycles. The third-order valence-electron chi connectivity index (χ3n) is 2.23. The summed E-state index contributed by atoms with van der Waals surface area (Å²) in [6.07, 6.45) is 0. The summed E-state index contributed by atoms with van der Waals surface area (Å²) < 4.78 is 39.6. The molecule has 2 rings (SSSR count). The van der Waals surface area contributed by atoms with Gasteiger partial charge in [0.15, 0.2) is 0 Å². The lowest BCUT2D eigenvalue weighted by molar-refractivity contribution is 0.579. The maximum absolute atomic E-state index is 12.9. The smallest absolute Gasteiger partial charge is 0.207 e. The summed E-state index contributed by atoms with van der Waals surface area (Å²) in [4.78, 5) is 0.0270. The normalized spacial score (nSPS) is 11.7. The van der Waals surface area contributed by atoms with E-state index >= 15 is 0 Å². The molecule has 3 nitrogen and oxygen atoms in total. The van der Waals surface area contributed by atoms with Gasteiger partial charge in [-0.3, -0.25) is 0 Å². The van der Waals surface area contributed by atoms with Gasteiger partial charge in [0, 0.05) is 11.0 Å². The summed E-state index contributed by atoms with van der Waals surface area (Å²) in [6, 6.07) is 5.31. The highest BCUT2D eigenvalue weighted by Gasteiger charge is 2.17. The van der Waals surface area contributed by atoms with Crippen LogP contribution in [-0.4, -0.2) is 8.42 Å². The number of benzene rings is 1. The summed E-state index contributed by atoms with van der Waals surface area (Å²) in [6.45, 7) is 0.218. The summed E-state index contributed by atoms with van der Waals surface area (Å²) in [5.41, 5.74) is 0.891. The van der Waals surface area contributed by atoms with Crippen LogP contribution in [0.1, 0.15) is 5.56 Å². The molecule has 0 saturated carbocycles. The van der Waals surface area contributed by atoms with Crippen molar-refractivity contribution >= 4 is 37.3 Å². The summed E-state index contributed by atoms with van der Waals surface area (Å²) in [5.74, 6) is -0.487. The van der Waals surface area contributed by atoms with Crippen LogP contribution in [-0.2, 0) is 16.6 Å². The van der Waals surface area contributed by atoms with Crippen LogP contribution in [0, 0.1) is 5.82 Å². The van der Waals surface area contributed by atoms with Crippen LogP contribution < -0.4 is 4.72 Å². The van der Waals surface area contributed by atoms with E-state index in [1.54, 1.807) is 0 Å². The Bertz CT molecular complexity index is 641. The number of rotatable bonds is 4. The van der Waals surface area contributed by atoms with E-state index < -0.39 is 15.8 Å². The Kier molecular flexibility index (Phi) is 4.16. The van der Waals surface area contributed by atoms with E-state index in [1.807, 2.05) is 16.8 Å². The topological polar surface area (TPSA) is 46.2 Å². The zero-order valence-electron chi connectivity index (χ0n) is 9.06. The van der Waals surface area contributed by atoms with E-state index in [-0.39, 0.29) is 15.9 Å². The van der Waals surface area contributed by atoms with Gasteiger partial charge in [-0.05, 0) is 56.5 Å². The van der Waals surface area contributed by atoms with Crippen molar-refractivity contribution in [1.82, 2.24) is 4.72 Å². The lowest BCUT2D eigenvalue weighted by Gasteiger charge is -2.07. The quantitative estimate of drug-likeness (QED) is 0.921. The van der Waals surface area contributed by atoms with Gasteiger partial charge >= 0.3 is 0 Å². The molecular formula is C11H9BrFNO2S2. The Morgan fingerprint density at radius 3 is 2.72 bits per heavy atom. The van der Waals surface area contributed by atoms with Crippen molar-refractivity contribution in [1.29, 1.82) is 0 Å². The molecule has 0 amide bonds. The molecule has 18 heavy (non-hydrogen) atoms. The molecule has 1 heterocycles. The highest BCUT2D eigenvalue weighted by molar-refractivity contribution is 9.10. The van der Waals surface area contributed by atoms with Crippen LogP contribution in [0.5, 0.6) is 0 Å². The first-order valence-electron chi connectivity index (χ1n) is 4.95. The first kappa shape index (κ1) is 13.7. The molecule has 0 spiro atoms. The van der Waals surface area contributed by atoms with Crippen LogP contribution in [0.2, 0.25) is 0 Å². The van der Waals surface area contributed by atoms with E-state index in [2.05, 4.69) is 20.7 Å². The average molecular weight is 350 g/mol. The standard InChI is InChI=1S/C11H9BrFNO2S2/c12-10-5-9(13)1-2-11(10)18(15,16)14-6-8-3-4-17-7-8/h1-5,7,14H,6H2. The minimum absolute atomic E-state index is 0.0270. The third-order valence-corrected chi connectivity index (χ3v) is 5.34. The Balaban J connectivity index is 2.20. The van der Waals surface area contributed by atoms with Gasteiger partial charge < -0.3 is 0 Å². The monoisotopic (exact) mass is 349 g/mol. The number of hydrogen-bond donors (Lipinski definition) is 1. The first-order chi connectivity index (χ1) is 8.49. The van der Waals surface area contributed by atoms with Crippen LogP contribution in [0.4, 0.5) is 4.39 Å². The molecule has 0 aliphatic rings. The molecule has 1 aromatic heterocycles. The minimum Gasteiger partial charge on any atom is -0.207 e. The number of sulfonamides is 1. The molecule has 0 atom stereocenters. The van der Waals surface area contributed by atoms with Gasteiger partial charge in [0.1, 0.15) is 5.82 Å². The zero-order chi connectivity index (χ0) is 13.2. The second kappa shape index (κ2) is 5.48. The minimum atomic E-state index is -3.64. The van der Waals surface area contributed by atoms with Crippen LogP contribution in [0.25, 0.3) is 0 Å². The van der Waals surface area contributed by atoms with Crippen molar-refractivity contribution < 1.29 is 12.8 Å². The fraction of sp³-hybridized carbons (Fsp3) is 0.0909. The van der Waals surface area contributed by atoms with E-state index in [1.165, 1.54) is 17.4 Å². The van der Waals surface area contributed by atoms with Crippen molar-refractivity contribution in [2.45, 2.75) is 11.4 Å². The van der Waals surface area contributed by atoms with Gasteiger partial charge in [0.25, 0.3) is 0 Å². The van der Waals surface area contributed by atoms with E-state index in [0.717, 1.165) is 17.7 Å². The maximum Gasteiger partial charge on any atom is 0.241 e. The molecule has 0 aliphatic carbocycles. The van der Waals surface area contributed by atoms with Gasteiger partial charge in [0.05, 0.1) is 4.90 Å². The maximum atomic E-state index is 12.9. The van der Waals surface area contributed by atoms with Crippen molar-refractivity contribution in [2.24, 2.45) is 0 Å². The van der Waals surface area contributed by atoms with Gasteiger partial charge in [-0.15, -0.1) is 0 Å². The number of halogens is 2. The van der Waals surface area contributed by atoms with E-state index in [9.17, 15) is 12.8 Å². The molecule has 0 saturated heterocycles. The Labute approximate surface area is 117 Å². The fourth-order valence-electron chi connectivity index (χ4n) is 1.34. The molecule has 0 fully saturated rings. The molecule has 2 aromatic rings. The molecule has 0 unspecified atom stereocenters. The lowest BCUT2D eigenvalue weighted by atomic mass is 10.3. The number of hydrogen-bond acceptors (Lipinski definition) is 3. The highest BCUT2D eigenvalue weighted by Crippen LogP contribution is 2.22. The lowest BCUT2D eigenvalue weighted by Crippen LogP contribution is -2.23. The Hall–Kier alpha value is -0.760. The largest absolute Gasteiger partial charge is 0.241 e. The van der Waals surface area contributed by atoms with Crippen molar-refractivity contribution in [2.75, 3.05) is 0 Å².